The van der Waals surface area contributed by atoms with E-state index >= 15 is 0 Å². The summed E-state index contributed by atoms with van der Waals surface area (Å²) in [5, 5.41) is 13.8. The van der Waals surface area contributed by atoms with E-state index in [2.05, 4.69) is 10.3 Å². The standard InChI is InChI=1S/C12H12N2O2/c15-11-4-3-10(14-11)7-1-2-9-8(12(7)16)5-6-13-9/h1-2,5-6,10,13,16H,3-4H2,(H,14,15)/t10-/m0/s1. The molecule has 1 fully saturated rings. The van der Waals surface area contributed by atoms with Crippen molar-refractivity contribution in [1.29, 1.82) is 0 Å². The minimum atomic E-state index is -0.0493. The van der Waals surface area contributed by atoms with Gasteiger partial charge in [0.25, 0.3) is 0 Å². The second kappa shape index (κ2) is 3.27. The van der Waals surface area contributed by atoms with Crippen molar-refractivity contribution in [3.8, 4) is 5.75 Å². The van der Waals surface area contributed by atoms with Gasteiger partial charge in [0.2, 0.25) is 5.91 Å². The normalized spacial score (nSPS) is 20.2. The van der Waals surface area contributed by atoms with E-state index in [0.29, 0.717) is 6.42 Å². The van der Waals surface area contributed by atoms with Crippen LogP contribution in [-0.2, 0) is 4.79 Å². The van der Waals surface area contributed by atoms with Gasteiger partial charge in [0.05, 0.1) is 6.04 Å². The second-order valence-corrected chi connectivity index (χ2v) is 4.10. The van der Waals surface area contributed by atoms with E-state index in [9.17, 15) is 9.90 Å². The fourth-order valence-electron chi connectivity index (χ4n) is 2.26. The molecule has 0 unspecified atom stereocenters. The van der Waals surface area contributed by atoms with Crippen molar-refractivity contribution < 1.29 is 9.90 Å². The van der Waals surface area contributed by atoms with Gasteiger partial charge in [0.1, 0.15) is 5.75 Å². The molecule has 1 aromatic heterocycles. The van der Waals surface area contributed by atoms with Crippen LogP contribution < -0.4 is 5.32 Å². The number of fused-ring (bicyclic) bond motifs is 1. The highest BCUT2D eigenvalue weighted by molar-refractivity contribution is 5.87. The molecule has 2 aromatic rings. The smallest absolute Gasteiger partial charge is 0.220 e. The number of amides is 1. The van der Waals surface area contributed by atoms with Crippen LogP contribution in [0.3, 0.4) is 0 Å². The number of nitrogens with one attached hydrogen (secondary N) is 2. The van der Waals surface area contributed by atoms with Crippen LogP contribution in [-0.4, -0.2) is 16.0 Å². The number of aromatic amines is 1. The molecule has 82 valence electrons. The molecule has 1 saturated heterocycles. The summed E-state index contributed by atoms with van der Waals surface area (Å²) in [5.74, 6) is 0.324. The summed E-state index contributed by atoms with van der Waals surface area (Å²) in [5.41, 5.74) is 1.71. The van der Waals surface area contributed by atoms with Crippen molar-refractivity contribution in [2.24, 2.45) is 0 Å². The first-order valence-corrected chi connectivity index (χ1v) is 5.34. The molecule has 1 aliphatic rings. The number of H-pyrrole nitrogens is 1. The fraction of sp³-hybridized carbons (Fsp3) is 0.250. The first kappa shape index (κ1) is 9.27. The minimum absolute atomic E-state index is 0.0493. The van der Waals surface area contributed by atoms with E-state index < -0.39 is 0 Å². The summed E-state index contributed by atoms with van der Waals surface area (Å²) in [4.78, 5) is 14.2. The Labute approximate surface area is 92.3 Å². The van der Waals surface area contributed by atoms with Gasteiger partial charge in [0.15, 0.2) is 0 Å². The van der Waals surface area contributed by atoms with Crippen LogP contribution in [0, 0.1) is 0 Å². The van der Waals surface area contributed by atoms with E-state index in [1.165, 1.54) is 0 Å². The molecule has 1 aromatic carbocycles. The molecule has 0 radical (unpaired) electrons. The van der Waals surface area contributed by atoms with Crippen molar-refractivity contribution in [1.82, 2.24) is 10.3 Å². The van der Waals surface area contributed by atoms with Crippen LogP contribution in [0.15, 0.2) is 24.4 Å². The van der Waals surface area contributed by atoms with E-state index in [-0.39, 0.29) is 17.7 Å². The Kier molecular flexibility index (Phi) is 1.89. The fourth-order valence-corrected chi connectivity index (χ4v) is 2.26. The zero-order valence-corrected chi connectivity index (χ0v) is 8.66. The maximum absolute atomic E-state index is 11.2. The number of aromatic hydroxyl groups is 1. The van der Waals surface area contributed by atoms with E-state index in [1.54, 1.807) is 6.20 Å². The molecular weight excluding hydrogens is 204 g/mol. The average molecular weight is 216 g/mol. The lowest BCUT2D eigenvalue weighted by Gasteiger charge is -2.12. The quantitative estimate of drug-likeness (QED) is 0.680. The lowest BCUT2D eigenvalue weighted by molar-refractivity contribution is -0.119. The van der Waals surface area contributed by atoms with Crippen LogP contribution in [0.25, 0.3) is 10.9 Å². The molecule has 1 amide bonds. The Morgan fingerprint density at radius 3 is 2.94 bits per heavy atom. The third-order valence-electron chi connectivity index (χ3n) is 3.11. The molecule has 0 saturated carbocycles. The van der Waals surface area contributed by atoms with Gasteiger partial charge >= 0.3 is 0 Å². The molecule has 4 heteroatoms. The highest BCUT2D eigenvalue weighted by Gasteiger charge is 2.25. The van der Waals surface area contributed by atoms with Crippen molar-refractivity contribution >= 4 is 16.8 Å². The highest BCUT2D eigenvalue weighted by Crippen LogP contribution is 2.35. The van der Waals surface area contributed by atoms with Gasteiger partial charge in [0, 0.05) is 29.1 Å². The number of rotatable bonds is 1. The van der Waals surface area contributed by atoms with Gasteiger partial charge in [-0.25, -0.2) is 0 Å². The predicted octanol–water partition coefficient (Wildman–Crippen LogP) is 1.82. The number of hydrogen-bond donors (Lipinski definition) is 3. The third-order valence-corrected chi connectivity index (χ3v) is 3.11. The molecule has 1 aliphatic heterocycles. The Morgan fingerprint density at radius 1 is 1.31 bits per heavy atom. The van der Waals surface area contributed by atoms with Gasteiger partial charge < -0.3 is 15.4 Å². The molecular formula is C12H12N2O2. The highest BCUT2D eigenvalue weighted by atomic mass is 16.3. The van der Waals surface area contributed by atoms with Crippen molar-refractivity contribution in [3.05, 3.63) is 30.0 Å². The number of hydrogen-bond acceptors (Lipinski definition) is 2. The van der Waals surface area contributed by atoms with E-state index in [1.807, 2.05) is 18.2 Å². The van der Waals surface area contributed by atoms with Crippen molar-refractivity contribution in [3.63, 3.8) is 0 Å². The van der Waals surface area contributed by atoms with E-state index in [4.69, 9.17) is 0 Å². The molecule has 3 rings (SSSR count). The van der Waals surface area contributed by atoms with Crippen molar-refractivity contribution in [2.75, 3.05) is 0 Å². The maximum atomic E-state index is 11.2. The van der Waals surface area contributed by atoms with Gasteiger partial charge in [-0.3, -0.25) is 4.79 Å². The van der Waals surface area contributed by atoms with E-state index in [0.717, 1.165) is 22.9 Å². The van der Waals surface area contributed by atoms with Crippen LogP contribution in [0.1, 0.15) is 24.4 Å². The zero-order chi connectivity index (χ0) is 11.1. The largest absolute Gasteiger partial charge is 0.507 e. The van der Waals surface area contributed by atoms with Crippen LogP contribution in [0.4, 0.5) is 0 Å². The number of phenols is 1. The summed E-state index contributed by atoms with van der Waals surface area (Å²) in [6.45, 7) is 0. The Bertz CT molecular complexity index is 559. The Hall–Kier alpha value is -1.97. The van der Waals surface area contributed by atoms with Gasteiger partial charge in [-0.1, -0.05) is 6.07 Å². The van der Waals surface area contributed by atoms with Crippen molar-refractivity contribution in [2.45, 2.75) is 18.9 Å². The zero-order valence-electron chi connectivity index (χ0n) is 8.66. The lowest BCUT2D eigenvalue weighted by Crippen LogP contribution is -2.18. The maximum Gasteiger partial charge on any atom is 0.220 e. The predicted molar refractivity (Wildman–Crippen MR) is 60.1 cm³/mol. The summed E-state index contributed by atoms with van der Waals surface area (Å²) in [7, 11) is 0. The summed E-state index contributed by atoms with van der Waals surface area (Å²) in [6, 6.07) is 5.58. The molecule has 0 aliphatic carbocycles. The van der Waals surface area contributed by atoms with Gasteiger partial charge in [-0.15, -0.1) is 0 Å². The summed E-state index contributed by atoms with van der Waals surface area (Å²) in [6.07, 6.45) is 3.08. The second-order valence-electron chi connectivity index (χ2n) is 4.10. The third kappa shape index (κ3) is 1.26. The molecule has 0 bridgehead atoms. The average Bonchev–Trinajstić information content (AvgIpc) is 2.87. The van der Waals surface area contributed by atoms with Crippen LogP contribution >= 0.6 is 0 Å². The number of benzene rings is 1. The first-order chi connectivity index (χ1) is 7.75. The monoisotopic (exact) mass is 216 g/mol. The first-order valence-electron chi connectivity index (χ1n) is 5.34. The number of carbonyl (C=O) groups is 1. The molecule has 2 heterocycles. The Morgan fingerprint density at radius 2 is 2.19 bits per heavy atom. The van der Waals surface area contributed by atoms with Gasteiger partial charge in [-0.2, -0.15) is 0 Å². The topological polar surface area (TPSA) is 65.1 Å². The number of aromatic nitrogens is 1. The van der Waals surface area contributed by atoms with Gasteiger partial charge in [-0.05, 0) is 18.6 Å². The summed E-state index contributed by atoms with van der Waals surface area (Å²) >= 11 is 0. The minimum Gasteiger partial charge on any atom is -0.507 e. The van der Waals surface area contributed by atoms with Crippen LogP contribution in [0.5, 0.6) is 5.75 Å². The lowest BCUT2D eigenvalue weighted by atomic mass is 10.0. The molecule has 3 N–H and O–H groups in total. The SMILES string of the molecule is O=C1CC[C@@H](c2ccc3[nH]ccc3c2O)N1. The molecule has 4 nitrogen and oxygen atoms in total. The molecule has 16 heavy (non-hydrogen) atoms. The summed E-state index contributed by atoms with van der Waals surface area (Å²) < 4.78 is 0. The van der Waals surface area contributed by atoms with Crippen LogP contribution in [0.2, 0.25) is 0 Å². The Balaban J connectivity index is 2.09. The molecule has 1 atom stereocenters. The molecule has 0 spiro atoms. The number of carbonyl (C=O) groups excluding carboxylic acids is 1. The number of phenolic OH excluding ortho intramolecular Hbond substituents is 1.